The highest BCUT2D eigenvalue weighted by Crippen LogP contribution is 2.10. The molecule has 18 heavy (non-hydrogen) atoms. The van der Waals surface area contributed by atoms with Crippen LogP contribution < -0.4 is 5.73 Å². The molecule has 0 aliphatic carbocycles. The summed E-state index contributed by atoms with van der Waals surface area (Å²) < 4.78 is 1.89. The van der Waals surface area contributed by atoms with Gasteiger partial charge in [-0.1, -0.05) is 30.0 Å². The van der Waals surface area contributed by atoms with E-state index in [9.17, 15) is 0 Å². The van der Waals surface area contributed by atoms with Gasteiger partial charge in [0.25, 0.3) is 0 Å². The average Bonchev–Trinajstić information content (AvgIpc) is 2.67. The van der Waals surface area contributed by atoms with Gasteiger partial charge >= 0.3 is 0 Å². The summed E-state index contributed by atoms with van der Waals surface area (Å²) >= 11 is 0. The molecule has 0 aliphatic heterocycles. The topological polar surface area (TPSA) is 56.7 Å². The number of aryl methyl sites for hydroxylation is 2. The van der Waals surface area contributed by atoms with E-state index in [1.54, 1.807) is 0 Å². The van der Waals surface area contributed by atoms with Crippen LogP contribution >= 0.6 is 0 Å². The Balaban J connectivity index is 2.31. The summed E-state index contributed by atoms with van der Waals surface area (Å²) in [5.74, 6) is 7.67. The van der Waals surface area contributed by atoms with Crippen LogP contribution in [0, 0.1) is 25.7 Å². The Bertz CT molecular complexity index is 602. The predicted molar refractivity (Wildman–Crippen MR) is 71.0 cm³/mol. The molecule has 4 nitrogen and oxygen atoms in total. The fourth-order valence-electron chi connectivity index (χ4n) is 1.80. The highest BCUT2D eigenvalue weighted by atomic mass is 15.3. The zero-order valence-corrected chi connectivity index (χ0v) is 10.6. The molecule has 0 saturated carbocycles. The Morgan fingerprint density at radius 3 is 2.72 bits per heavy atom. The third-order valence-electron chi connectivity index (χ3n) is 2.63. The summed E-state index contributed by atoms with van der Waals surface area (Å²) in [6.45, 7) is 4.90. The molecule has 0 atom stereocenters. The minimum absolute atomic E-state index is 0.371. The van der Waals surface area contributed by atoms with Crippen LogP contribution in [0.5, 0.6) is 0 Å². The zero-order chi connectivity index (χ0) is 13.0. The van der Waals surface area contributed by atoms with E-state index < -0.39 is 0 Å². The molecule has 0 fully saturated rings. The predicted octanol–water partition coefficient (Wildman–Crippen LogP) is 1.25. The first kappa shape index (κ1) is 12.3. The van der Waals surface area contributed by atoms with Gasteiger partial charge < -0.3 is 5.73 Å². The summed E-state index contributed by atoms with van der Waals surface area (Å²) in [7, 11) is 0. The van der Waals surface area contributed by atoms with E-state index in [1.165, 1.54) is 0 Å². The van der Waals surface area contributed by atoms with Gasteiger partial charge in [0.1, 0.15) is 11.6 Å². The van der Waals surface area contributed by atoms with Crippen LogP contribution in [-0.2, 0) is 6.54 Å². The van der Waals surface area contributed by atoms with E-state index >= 15 is 0 Å². The Labute approximate surface area is 107 Å². The van der Waals surface area contributed by atoms with Gasteiger partial charge in [0.15, 0.2) is 0 Å². The molecule has 92 valence electrons. The fourth-order valence-corrected chi connectivity index (χ4v) is 1.80. The van der Waals surface area contributed by atoms with Crippen molar-refractivity contribution in [3.05, 3.63) is 47.0 Å². The zero-order valence-electron chi connectivity index (χ0n) is 10.6. The van der Waals surface area contributed by atoms with E-state index in [2.05, 4.69) is 28.0 Å². The van der Waals surface area contributed by atoms with Crippen molar-refractivity contribution in [3.63, 3.8) is 0 Å². The lowest BCUT2D eigenvalue weighted by Gasteiger charge is -2.05. The summed E-state index contributed by atoms with van der Waals surface area (Å²) in [5.41, 5.74) is 7.53. The van der Waals surface area contributed by atoms with Gasteiger partial charge in [-0.3, -0.25) is 0 Å². The molecule has 1 aromatic carbocycles. The van der Waals surface area contributed by atoms with Gasteiger partial charge in [-0.05, 0) is 25.5 Å². The molecule has 0 amide bonds. The molecule has 2 rings (SSSR count). The quantitative estimate of drug-likeness (QED) is 0.804. The monoisotopic (exact) mass is 240 g/mol. The third-order valence-corrected chi connectivity index (χ3v) is 2.63. The van der Waals surface area contributed by atoms with Crippen molar-refractivity contribution in [1.82, 2.24) is 14.8 Å². The molecule has 0 spiro atoms. The van der Waals surface area contributed by atoms with Crippen LogP contribution in [0.1, 0.15) is 22.8 Å². The molecule has 2 N–H and O–H groups in total. The standard InChI is InChI=1S/C14H16N4/c1-11-16-12(2)18(17-11)10-14-7-4-3-6-13(14)8-5-9-15/h3-4,6-7H,9-10,15H2,1-2H3. The summed E-state index contributed by atoms with van der Waals surface area (Å²) in [6.07, 6.45) is 0. The van der Waals surface area contributed by atoms with E-state index in [4.69, 9.17) is 5.73 Å². The molecule has 0 bridgehead atoms. The second kappa shape index (κ2) is 5.48. The van der Waals surface area contributed by atoms with E-state index in [-0.39, 0.29) is 0 Å². The van der Waals surface area contributed by atoms with E-state index in [1.807, 2.05) is 36.7 Å². The molecule has 0 aliphatic rings. The summed E-state index contributed by atoms with van der Waals surface area (Å²) in [5, 5.41) is 4.36. The van der Waals surface area contributed by atoms with Gasteiger partial charge in [0, 0.05) is 5.56 Å². The number of hydrogen-bond acceptors (Lipinski definition) is 3. The van der Waals surface area contributed by atoms with Crippen molar-refractivity contribution in [2.75, 3.05) is 6.54 Å². The number of nitrogens with zero attached hydrogens (tertiary/aromatic N) is 3. The van der Waals surface area contributed by atoms with Crippen LogP contribution in [0.4, 0.5) is 0 Å². The average molecular weight is 240 g/mol. The molecule has 1 heterocycles. The number of benzene rings is 1. The van der Waals surface area contributed by atoms with Gasteiger partial charge in [0.05, 0.1) is 13.1 Å². The first-order valence-electron chi connectivity index (χ1n) is 5.85. The van der Waals surface area contributed by atoms with E-state index in [0.717, 1.165) is 22.8 Å². The Morgan fingerprint density at radius 1 is 1.28 bits per heavy atom. The highest BCUT2D eigenvalue weighted by Gasteiger charge is 2.05. The number of aromatic nitrogens is 3. The normalized spacial score (nSPS) is 9.94. The van der Waals surface area contributed by atoms with Gasteiger partial charge in [-0.2, -0.15) is 5.10 Å². The number of hydrogen-bond donors (Lipinski definition) is 1. The summed E-state index contributed by atoms with van der Waals surface area (Å²) in [6, 6.07) is 8.03. The Hall–Kier alpha value is -2.12. The fraction of sp³-hybridized carbons (Fsp3) is 0.286. The lowest BCUT2D eigenvalue weighted by molar-refractivity contribution is 0.655. The molecule has 0 saturated heterocycles. The van der Waals surface area contributed by atoms with Gasteiger partial charge in [-0.25, -0.2) is 9.67 Å². The molecular formula is C14H16N4. The van der Waals surface area contributed by atoms with Crippen molar-refractivity contribution in [3.8, 4) is 11.8 Å². The van der Waals surface area contributed by atoms with Crippen LogP contribution in [0.15, 0.2) is 24.3 Å². The highest BCUT2D eigenvalue weighted by molar-refractivity contribution is 5.41. The smallest absolute Gasteiger partial charge is 0.147 e. The molecule has 2 aromatic rings. The van der Waals surface area contributed by atoms with Crippen LogP contribution in [-0.4, -0.2) is 21.3 Å². The van der Waals surface area contributed by atoms with Crippen molar-refractivity contribution < 1.29 is 0 Å². The summed E-state index contributed by atoms with van der Waals surface area (Å²) in [4.78, 5) is 4.29. The van der Waals surface area contributed by atoms with Crippen LogP contribution in [0.25, 0.3) is 0 Å². The lowest BCUT2D eigenvalue weighted by atomic mass is 10.1. The van der Waals surface area contributed by atoms with Crippen molar-refractivity contribution in [2.24, 2.45) is 5.73 Å². The van der Waals surface area contributed by atoms with Crippen molar-refractivity contribution in [2.45, 2.75) is 20.4 Å². The number of rotatable bonds is 2. The SMILES string of the molecule is Cc1nc(C)n(Cc2ccccc2C#CCN)n1. The lowest BCUT2D eigenvalue weighted by Crippen LogP contribution is -2.06. The largest absolute Gasteiger partial charge is 0.320 e. The molecule has 4 heteroatoms. The Morgan fingerprint density at radius 2 is 2.06 bits per heavy atom. The maximum atomic E-state index is 5.41. The van der Waals surface area contributed by atoms with Crippen molar-refractivity contribution >= 4 is 0 Å². The molecular weight excluding hydrogens is 224 g/mol. The maximum absolute atomic E-state index is 5.41. The van der Waals surface area contributed by atoms with Crippen molar-refractivity contribution in [1.29, 1.82) is 0 Å². The van der Waals surface area contributed by atoms with Crippen LogP contribution in [0.3, 0.4) is 0 Å². The third kappa shape index (κ3) is 2.76. The minimum atomic E-state index is 0.371. The number of nitrogens with two attached hydrogens (primary N) is 1. The maximum Gasteiger partial charge on any atom is 0.147 e. The van der Waals surface area contributed by atoms with Crippen LogP contribution in [0.2, 0.25) is 0 Å². The van der Waals surface area contributed by atoms with E-state index in [0.29, 0.717) is 13.1 Å². The van der Waals surface area contributed by atoms with Gasteiger partial charge in [-0.15, -0.1) is 0 Å². The molecule has 0 unspecified atom stereocenters. The first-order chi connectivity index (χ1) is 8.70. The Kier molecular flexibility index (Phi) is 3.75. The minimum Gasteiger partial charge on any atom is -0.320 e. The van der Waals surface area contributed by atoms with Gasteiger partial charge in [0.2, 0.25) is 0 Å². The molecule has 1 aromatic heterocycles. The first-order valence-corrected chi connectivity index (χ1v) is 5.85. The molecule has 0 radical (unpaired) electrons. The second-order valence-electron chi connectivity index (χ2n) is 4.03. The second-order valence-corrected chi connectivity index (χ2v) is 4.03.